The van der Waals surface area contributed by atoms with Crippen LogP contribution in [0.25, 0.3) is 0 Å². The quantitative estimate of drug-likeness (QED) is 0.519. The monoisotopic (exact) mass is 418 g/mol. The van der Waals surface area contributed by atoms with Gasteiger partial charge in [0.1, 0.15) is 0 Å². The Hall–Kier alpha value is -2.39. The summed E-state index contributed by atoms with van der Waals surface area (Å²) in [4.78, 5) is 4.99. The Morgan fingerprint density at radius 3 is 2.26 bits per heavy atom. The van der Waals surface area contributed by atoms with E-state index in [9.17, 15) is 0 Å². The lowest BCUT2D eigenvalue weighted by Gasteiger charge is -2.20. The highest BCUT2D eigenvalue weighted by atomic mass is 79.9. The first-order chi connectivity index (χ1) is 13.3. The zero-order valence-electron chi connectivity index (χ0n) is 15.2. The minimum absolute atomic E-state index is 0.232. The molecule has 0 amide bonds. The molecule has 3 aromatic rings. The number of benzene rings is 3. The fourth-order valence-corrected chi connectivity index (χ4v) is 3.88. The van der Waals surface area contributed by atoms with Gasteiger partial charge in [0.2, 0.25) is 0 Å². The number of hydrogen-bond acceptors (Lipinski definition) is 2. The Balaban J connectivity index is 1.53. The molecule has 0 aromatic heterocycles. The second-order valence-corrected chi connectivity index (χ2v) is 7.89. The van der Waals surface area contributed by atoms with E-state index in [0.29, 0.717) is 0 Å². The van der Waals surface area contributed by atoms with Crippen molar-refractivity contribution in [3.8, 4) is 0 Å². The third-order valence-electron chi connectivity index (χ3n) is 5.05. The zero-order chi connectivity index (χ0) is 18.5. The van der Waals surface area contributed by atoms with Crippen LogP contribution in [-0.4, -0.2) is 5.84 Å². The van der Waals surface area contributed by atoms with E-state index in [2.05, 4.69) is 106 Å². The third kappa shape index (κ3) is 4.67. The molecule has 0 saturated carbocycles. The van der Waals surface area contributed by atoms with Gasteiger partial charge in [-0.3, -0.25) is 4.99 Å². The summed E-state index contributed by atoms with van der Waals surface area (Å²) in [6.07, 6.45) is 3.02. The van der Waals surface area contributed by atoms with Crippen LogP contribution in [0.1, 0.15) is 41.6 Å². The summed E-state index contributed by atoms with van der Waals surface area (Å²) in [5, 5.41) is 3.73. The van der Waals surface area contributed by atoms with Gasteiger partial charge in [0.05, 0.1) is 17.9 Å². The topological polar surface area (TPSA) is 24.4 Å². The average Bonchev–Trinajstić information content (AvgIpc) is 3.18. The van der Waals surface area contributed by atoms with Crippen LogP contribution in [0, 0.1) is 0 Å². The highest BCUT2D eigenvalue weighted by Gasteiger charge is 2.22. The van der Waals surface area contributed by atoms with Crippen molar-refractivity contribution in [3.05, 3.63) is 106 Å². The normalized spacial score (nSPS) is 17.4. The van der Waals surface area contributed by atoms with Crippen molar-refractivity contribution in [1.82, 2.24) is 5.32 Å². The maximum Gasteiger partial charge on any atom is 0.0976 e. The lowest BCUT2D eigenvalue weighted by molar-refractivity contribution is 0.638. The Kier molecular flexibility index (Phi) is 5.69. The van der Waals surface area contributed by atoms with E-state index in [1.165, 1.54) is 16.7 Å². The third-order valence-corrected chi connectivity index (χ3v) is 5.58. The number of aliphatic imine (C=N–C) groups is 1. The molecule has 0 saturated heterocycles. The van der Waals surface area contributed by atoms with Crippen LogP contribution in [0.15, 0.2) is 94.4 Å². The molecule has 4 rings (SSSR count). The van der Waals surface area contributed by atoms with Gasteiger partial charge < -0.3 is 5.32 Å². The molecular weight excluding hydrogens is 396 g/mol. The Labute approximate surface area is 169 Å². The predicted molar refractivity (Wildman–Crippen MR) is 116 cm³/mol. The van der Waals surface area contributed by atoms with Gasteiger partial charge >= 0.3 is 0 Å². The maximum absolute atomic E-state index is 4.99. The summed E-state index contributed by atoms with van der Waals surface area (Å²) in [6.45, 7) is 0. The number of hydrogen-bond donors (Lipinski definition) is 1. The van der Waals surface area contributed by atoms with Crippen LogP contribution in [0.3, 0.4) is 0 Å². The number of nitrogens with zero attached hydrogens (tertiary/aromatic N) is 1. The number of halogens is 1. The van der Waals surface area contributed by atoms with Gasteiger partial charge in [-0.05, 0) is 41.7 Å². The minimum Gasteiger partial charge on any atom is -0.367 e. The van der Waals surface area contributed by atoms with E-state index >= 15 is 0 Å². The van der Waals surface area contributed by atoms with Crippen molar-refractivity contribution < 1.29 is 0 Å². The van der Waals surface area contributed by atoms with E-state index in [0.717, 1.165) is 29.6 Å². The highest BCUT2D eigenvalue weighted by molar-refractivity contribution is 9.10. The molecule has 2 atom stereocenters. The van der Waals surface area contributed by atoms with Crippen molar-refractivity contribution in [2.45, 2.75) is 31.3 Å². The summed E-state index contributed by atoms with van der Waals surface area (Å²) in [5.41, 5.74) is 3.92. The molecule has 1 aliphatic heterocycles. The van der Waals surface area contributed by atoms with Gasteiger partial charge in [0.25, 0.3) is 0 Å². The molecule has 3 heteroatoms. The van der Waals surface area contributed by atoms with E-state index < -0.39 is 0 Å². The van der Waals surface area contributed by atoms with Gasteiger partial charge in [-0.15, -0.1) is 0 Å². The molecule has 136 valence electrons. The highest BCUT2D eigenvalue weighted by Crippen LogP contribution is 2.30. The molecule has 0 fully saturated rings. The van der Waals surface area contributed by atoms with Crippen LogP contribution in [0.5, 0.6) is 0 Å². The Morgan fingerprint density at radius 1 is 0.889 bits per heavy atom. The van der Waals surface area contributed by atoms with Gasteiger partial charge in [0.15, 0.2) is 0 Å². The Bertz CT molecular complexity index is 889. The summed E-state index contributed by atoms with van der Waals surface area (Å²) in [6, 6.07) is 30.4. The molecule has 1 heterocycles. The number of nitrogens with one attached hydrogen (secondary N) is 1. The molecule has 0 bridgehead atoms. The lowest BCUT2D eigenvalue weighted by Crippen LogP contribution is -2.28. The number of amidine groups is 1. The van der Waals surface area contributed by atoms with Gasteiger partial charge in [-0.2, -0.15) is 0 Å². The van der Waals surface area contributed by atoms with Crippen LogP contribution in [0.2, 0.25) is 0 Å². The molecular formula is C24H23BrN2. The lowest BCUT2D eigenvalue weighted by atomic mass is 9.98. The molecule has 1 N–H and O–H groups in total. The molecule has 27 heavy (non-hydrogen) atoms. The molecule has 2 unspecified atom stereocenters. The summed E-state index contributed by atoms with van der Waals surface area (Å²) in [7, 11) is 0. The van der Waals surface area contributed by atoms with Crippen LogP contribution < -0.4 is 5.32 Å². The average molecular weight is 419 g/mol. The first kappa shape index (κ1) is 18.0. The first-order valence-corrected chi connectivity index (χ1v) is 10.2. The van der Waals surface area contributed by atoms with Gasteiger partial charge in [-0.1, -0.05) is 88.7 Å². The molecule has 0 radical (unpaired) electrons. The van der Waals surface area contributed by atoms with Crippen molar-refractivity contribution in [2.75, 3.05) is 0 Å². The van der Waals surface area contributed by atoms with Crippen molar-refractivity contribution in [1.29, 1.82) is 0 Å². The fourth-order valence-electron chi connectivity index (χ4n) is 3.61. The standard InChI is InChI=1S/C24H23BrN2/c25-21-13-11-20(12-14-21)22-15-16-24(26-22)27-23(19-9-5-2-6-10-19)17-18-7-3-1-4-8-18/h1-14,22-23H,15-17H2,(H,26,27). The van der Waals surface area contributed by atoms with Gasteiger partial charge in [0, 0.05) is 10.9 Å². The molecule has 0 spiro atoms. The maximum atomic E-state index is 4.99. The predicted octanol–water partition coefficient (Wildman–Crippen LogP) is 6.26. The molecule has 2 nitrogen and oxygen atoms in total. The van der Waals surface area contributed by atoms with Crippen LogP contribution >= 0.6 is 15.9 Å². The minimum atomic E-state index is 0.232. The van der Waals surface area contributed by atoms with Crippen LogP contribution in [0.4, 0.5) is 0 Å². The van der Waals surface area contributed by atoms with E-state index in [-0.39, 0.29) is 12.1 Å². The second kappa shape index (κ2) is 8.53. The first-order valence-electron chi connectivity index (χ1n) is 9.45. The van der Waals surface area contributed by atoms with Crippen molar-refractivity contribution in [3.63, 3.8) is 0 Å². The molecule has 1 aliphatic rings. The zero-order valence-corrected chi connectivity index (χ0v) is 16.8. The largest absolute Gasteiger partial charge is 0.367 e. The SMILES string of the molecule is Brc1ccc(C2CCC(NC(Cc3ccccc3)c3ccccc3)=N2)cc1. The van der Waals surface area contributed by atoms with E-state index in [4.69, 9.17) is 4.99 Å². The molecule has 0 aliphatic carbocycles. The second-order valence-electron chi connectivity index (χ2n) is 6.98. The van der Waals surface area contributed by atoms with Crippen molar-refractivity contribution >= 4 is 21.8 Å². The van der Waals surface area contributed by atoms with Crippen LogP contribution in [-0.2, 0) is 6.42 Å². The van der Waals surface area contributed by atoms with E-state index in [1.54, 1.807) is 0 Å². The van der Waals surface area contributed by atoms with Gasteiger partial charge in [-0.25, -0.2) is 0 Å². The summed E-state index contributed by atoms with van der Waals surface area (Å²) in [5.74, 6) is 1.12. The van der Waals surface area contributed by atoms with Crippen molar-refractivity contribution in [2.24, 2.45) is 4.99 Å². The summed E-state index contributed by atoms with van der Waals surface area (Å²) < 4.78 is 1.11. The smallest absolute Gasteiger partial charge is 0.0976 e. The number of rotatable bonds is 5. The van der Waals surface area contributed by atoms with E-state index in [1.807, 2.05) is 0 Å². The fraction of sp³-hybridized carbons (Fsp3) is 0.208. The Morgan fingerprint density at radius 2 is 1.56 bits per heavy atom. The summed E-state index contributed by atoms with van der Waals surface area (Å²) >= 11 is 3.51. The molecule has 3 aromatic carbocycles.